The average molecular weight is 348 g/mol. The van der Waals surface area contributed by atoms with Gasteiger partial charge in [-0.3, -0.25) is 4.98 Å². The molecule has 4 nitrogen and oxygen atoms in total. The minimum atomic E-state index is -1.06. The van der Waals surface area contributed by atoms with Gasteiger partial charge in [0.05, 0.1) is 18.1 Å². The third-order valence-corrected chi connectivity index (χ3v) is 4.36. The van der Waals surface area contributed by atoms with Gasteiger partial charge >= 0.3 is 5.97 Å². The van der Waals surface area contributed by atoms with Crippen molar-refractivity contribution in [1.29, 1.82) is 0 Å². The Balaban J connectivity index is 1.97. The molecule has 1 aromatic heterocycles. The summed E-state index contributed by atoms with van der Waals surface area (Å²) in [5, 5.41) is 8.82. The van der Waals surface area contributed by atoms with Crippen molar-refractivity contribution < 1.29 is 19.0 Å². The normalized spacial score (nSPS) is 16.7. The highest BCUT2D eigenvalue weighted by molar-refractivity contribution is 6.22. The second kappa shape index (κ2) is 6.61. The summed E-state index contributed by atoms with van der Waals surface area (Å²) in [4.78, 5) is 15.7. The van der Waals surface area contributed by atoms with Crippen LogP contribution in [-0.2, 0) is 16.0 Å². The first-order valence-corrected chi connectivity index (χ1v) is 7.81. The molecular weight excluding hydrogens is 333 g/mol. The summed E-state index contributed by atoms with van der Waals surface area (Å²) in [6.45, 7) is 0. The predicted octanol–water partition coefficient (Wildman–Crippen LogP) is 3.94. The van der Waals surface area contributed by atoms with Gasteiger partial charge in [0.15, 0.2) is 5.76 Å². The molecule has 124 valence electrons. The molecule has 0 amide bonds. The number of carbonyl (C=O) groups is 1. The Morgan fingerprint density at radius 2 is 2.08 bits per heavy atom. The van der Waals surface area contributed by atoms with Crippen LogP contribution in [0, 0.1) is 5.82 Å². The van der Waals surface area contributed by atoms with E-state index < -0.39 is 11.3 Å². The van der Waals surface area contributed by atoms with E-state index in [1.807, 2.05) is 6.07 Å². The van der Waals surface area contributed by atoms with Gasteiger partial charge in [-0.1, -0.05) is 18.2 Å². The van der Waals surface area contributed by atoms with Crippen molar-refractivity contribution in [3.63, 3.8) is 0 Å². The zero-order valence-corrected chi connectivity index (χ0v) is 13.7. The molecule has 0 saturated heterocycles. The highest BCUT2D eigenvalue weighted by atomic mass is 35.5. The maximum atomic E-state index is 13.0. The number of fused-ring (bicyclic) bond motifs is 1. The number of halogens is 2. The van der Waals surface area contributed by atoms with E-state index in [0.29, 0.717) is 12.1 Å². The second-order valence-electron chi connectivity index (χ2n) is 5.57. The van der Waals surface area contributed by atoms with Gasteiger partial charge in [0.2, 0.25) is 0 Å². The fourth-order valence-electron chi connectivity index (χ4n) is 2.82. The zero-order chi connectivity index (χ0) is 17.3. The molecule has 0 fully saturated rings. The standard InChI is InChI=1S/C18H15ClFNO3/c1-24-17-14(18(22)23)8-15(19)13-7-11(9-21-16(13)17)6-10-2-4-12(20)5-3-10/h2-5,7,9,15H,6,8H2,1H3,(H,22,23). The molecule has 1 aliphatic rings. The quantitative estimate of drug-likeness (QED) is 0.851. The maximum Gasteiger partial charge on any atom is 0.335 e. The number of aliphatic carboxylic acids is 1. The first-order chi connectivity index (χ1) is 11.5. The SMILES string of the molecule is COC1=C(C(=O)O)CC(Cl)c2cc(Cc3ccc(F)cc3)cnc21. The largest absolute Gasteiger partial charge is 0.494 e. The van der Waals surface area contributed by atoms with Crippen LogP contribution in [0.15, 0.2) is 42.1 Å². The molecule has 1 heterocycles. The molecule has 1 N–H and O–H groups in total. The molecule has 1 aromatic carbocycles. The van der Waals surface area contributed by atoms with E-state index in [0.717, 1.165) is 16.7 Å². The van der Waals surface area contributed by atoms with Crippen molar-refractivity contribution in [2.24, 2.45) is 0 Å². The Kier molecular flexibility index (Phi) is 4.53. The van der Waals surface area contributed by atoms with Crippen LogP contribution in [0.3, 0.4) is 0 Å². The molecule has 1 aliphatic carbocycles. The summed E-state index contributed by atoms with van der Waals surface area (Å²) in [5.74, 6) is -1.08. The Labute approximate surface area is 143 Å². The first kappa shape index (κ1) is 16.5. The van der Waals surface area contributed by atoms with Crippen LogP contribution in [0.1, 0.15) is 34.2 Å². The van der Waals surface area contributed by atoms with Crippen LogP contribution in [0.25, 0.3) is 5.76 Å². The number of pyridine rings is 1. The molecule has 0 saturated carbocycles. The second-order valence-corrected chi connectivity index (χ2v) is 6.10. The highest BCUT2D eigenvalue weighted by Gasteiger charge is 2.31. The molecule has 0 spiro atoms. The summed E-state index contributed by atoms with van der Waals surface area (Å²) in [5.41, 5.74) is 3.21. The van der Waals surface area contributed by atoms with E-state index in [1.165, 1.54) is 19.2 Å². The third-order valence-electron chi connectivity index (χ3n) is 3.97. The van der Waals surface area contributed by atoms with Gasteiger partial charge in [0.25, 0.3) is 0 Å². The average Bonchev–Trinajstić information content (AvgIpc) is 2.57. The molecule has 6 heteroatoms. The van der Waals surface area contributed by atoms with Gasteiger partial charge in [-0.15, -0.1) is 11.6 Å². The van der Waals surface area contributed by atoms with Crippen LogP contribution in [0.5, 0.6) is 0 Å². The van der Waals surface area contributed by atoms with E-state index in [9.17, 15) is 14.3 Å². The topological polar surface area (TPSA) is 59.4 Å². The zero-order valence-electron chi connectivity index (χ0n) is 12.9. The number of hydrogen-bond donors (Lipinski definition) is 1. The molecule has 2 aromatic rings. The number of aromatic nitrogens is 1. The summed E-state index contributed by atoms with van der Waals surface area (Å²) in [6, 6.07) is 8.17. The third kappa shape index (κ3) is 3.12. The highest BCUT2D eigenvalue weighted by Crippen LogP contribution is 2.40. The van der Waals surface area contributed by atoms with Gasteiger partial charge in [-0.05, 0) is 29.7 Å². The molecule has 1 atom stereocenters. The summed E-state index contributed by atoms with van der Waals surface area (Å²) < 4.78 is 18.2. The van der Waals surface area contributed by atoms with Crippen molar-refractivity contribution in [3.05, 3.63) is 70.3 Å². The lowest BCUT2D eigenvalue weighted by molar-refractivity contribution is -0.132. The first-order valence-electron chi connectivity index (χ1n) is 7.37. The molecule has 3 rings (SSSR count). The summed E-state index contributed by atoms with van der Waals surface area (Å²) in [6.07, 6.45) is 2.42. The number of methoxy groups -OCH3 is 1. The number of hydrogen-bond acceptors (Lipinski definition) is 3. The van der Waals surface area contributed by atoms with Crippen LogP contribution < -0.4 is 0 Å². The van der Waals surface area contributed by atoms with Gasteiger partial charge in [-0.25, -0.2) is 9.18 Å². The van der Waals surface area contributed by atoms with E-state index >= 15 is 0 Å². The molecule has 1 unspecified atom stereocenters. The van der Waals surface area contributed by atoms with Crippen molar-refractivity contribution >= 4 is 23.3 Å². The van der Waals surface area contributed by atoms with E-state index in [1.54, 1.807) is 18.3 Å². The summed E-state index contributed by atoms with van der Waals surface area (Å²) in [7, 11) is 1.42. The van der Waals surface area contributed by atoms with Crippen molar-refractivity contribution in [1.82, 2.24) is 4.98 Å². The van der Waals surface area contributed by atoms with E-state index in [-0.39, 0.29) is 23.6 Å². The predicted molar refractivity (Wildman–Crippen MR) is 88.2 cm³/mol. The van der Waals surface area contributed by atoms with Crippen LogP contribution >= 0.6 is 11.6 Å². The number of carboxylic acid groups (broad SMARTS) is 1. The smallest absolute Gasteiger partial charge is 0.335 e. The monoisotopic (exact) mass is 347 g/mol. The van der Waals surface area contributed by atoms with Gasteiger partial charge < -0.3 is 9.84 Å². The number of rotatable bonds is 4. The Hall–Kier alpha value is -2.40. The summed E-state index contributed by atoms with van der Waals surface area (Å²) >= 11 is 6.36. The fraction of sp³-hybridized carbons (Fsp3) is 0.222. The van der Waals surface area contributed by atoms with Gasteiger partial charge in [0, 0.05) is 18.2 Å². The number of alkyl halides is 1. The number of nitrogens with zero attached hydrogens (tertiary/aromatic N) is 1. The minimum Gasteiger partial charge on any atom is -0.494 e. The van der Waals surface area contributed by atoms with Crippen LogP contribution in [-0.4, -0.2) is 23.2 Å². The molecule has 0 radical (unpaired) electrons. The Morgan fingerprint density at radius 3 is 2.71 bits per heavy atom. The molecular formula is C18H15ClFNO3. The van der Waals surface area contributed by atoms with Gasteiger partial charge in [-0.2, -0.15) is 0 Å². The van der Waals surface area contributed by atoms with Gasteiger partial charge in [0.1, 0.15) is 11.5 Å². The van der Waals surface area contributed by atoms with E-state index in [2.05, 4.69) is 4.98 Å². The lowest BCUT2D eigenvalue weighted by Crippen LogP contribution is -2.16. The molecule has 24 heavy (non-hydrogen) atoms. The number of ether oxygens (including phenoxy) is 1. The fourth-order valence-corrected chi connectivity index (χ4v) is 3.14. The lowest BCUT2D eigenvalue weighted by Gasteiger charge is -2.23. The molecule has 0 bridgehead atoms. The maximum absolute atomic E-state index is 13.0. The Bertz CT molecular complexity index is 818. The van der Waals surface area contributed by atoms with Crippen LogP contribution in [0.4, 0.5) is 4.39 Å². The van der Waals surface area contributed by atoms with E-state index in [4.69, 9.17) is 16.3 Å². The lowest BCUT2D eigenvalue weighted by atomic mass is 9.92. The minimum absolute atomic E-state index is 0.129. The Morgan fingerprint density at radius 1 is 1.38 bits per heavy atom. The van der Waals surface area contributed by atoms with Crippen LogP contribution in [0.2, 0.25) is 0 Å². The van der Waals surface area contributed by atoms with Crippen molar-refractivity contribution in [2.75, 3.05) is 7.11 Å². The molecule has 0 aliphatic heterocycles. The van der Waals surface area contributed by atoms with Crippen molar-refractivity contribution in [3.8, 4) is 0 Å². The number of benzene rings is 1. The number of carboxylic acids is 1. The van der Waals surface area contributed by atoms with Crippen molar-refractivity contribution in [2.45, 2.75) is 18.2 Å².